The summed E-state index contributed by atoms with van der Waals surface area (Å²) in [7, 11) is 0. The van der Waals surface area contributed by atoms with Crippen LogP contribution in [-0.2, 0) is 12.8 Å². The fourth-order valence-corrected chi connectivity index (χ4v) is 1.63. The molecule has 0 heterocycles. The third-order valence-electron chi connectivity index (χ3n) is 2.49. The average molecular weight is 200 g/mol. The molecular weight excluding hydrogens is 184 g/mol. The predicted octanol–water partition coefficient (Wildman–Crippen LogP) is 3.02. The number of carbonyl (C=O) groups excluding carboxylic acids is 1. The maximum atomic E-state index is 11.4. The van der Waals surface area contributed by atoms with Crippen molar-refractivity contribution >= 4 is 5.78 Å². The molecule has 0 amide bonds. The first-order valence-electron chi connectivity index (χ1n) is 5.25. The molecule has 0 aromatic heterocycles. The van der Waals surface area contributed by atoms with Crippen molar-refractivity contribution in [2.24, 2.45) is 0 Å². The van der Waals surface area contributed by atoms with Crippen LogP contribution < -0.4 is 0 Å². The number of Topliss-reactive ketones (excluding diaryl/α,β-unsaturated/α-hetero) is 1. The van der Waals surface area contributed by atoms with Crippen molar-refractivity contribution < 1.29 is 4.79 Å². The molecule has 1 heteroatoms. The van der Waals surface area contributed by atoms with Gasteiger partial charge in [-0.15, -0.1) is 12.3 Å². The molecule has 78 valence electrons. The number of benzene rings is 1. The highest BCUT2D eigenvalue weighted by Crippen LogP contribution is 2.14. The molecule has 0 bridgehead atoms. The van der Waals surface area contributed by atoms with Gasteiger partial charge >= 0.3 is 0 Å². The van der Waals surface area contributed by atoms with E-state index in [1.165, 1.54) is 0 Å². The largest absolute Gasteiger partial charge is 0.295 e. The van der Waals surface area contributed by atoms with Crippen LogP contribution in [0.25, 0.3) is 0 Å². The molecule has 0 aliphatic carbocycles. The third kappa shape index (κ3) is 2.95. The second kappa shape index (κ2) is 5.36. The van der Waals surface area contributed by atoms with E-state index in [1.807, 2.05) is 12.1 Å². The first-order valence-corrected chi connectivity index (χ1v) is 5.25. The monoisotopic (exact) mass is 200 g/mol. The predicted molar refractivity (Wildman–Crippen MR) is 63.0 cm³/mol. The average Bonchev–Trinajstić information content (AvgIpc) is 2.25. The normalized spacial score (nSPS) is 9.67. The summed E-state index contributed by atoms with van der Waals surface area (Å²) >= 11 is 0. The van der Waals surface area contributed by atoms with Gasteiger partial charge in [0.1, 0.15) is 0 Å². The van der Waals surface area contributed by atoms with Gasteiger partial charge in [-0.2, -0.15) is 0 Å². The Labute approximate surface area is 91.5 Å². The lowest BCUT2D eigenvalue weighted by Gasteiger charge is -2.07. The van der Waals surface area contributed by atoms with Crippen LogP contribution in [0.1, 0.15) is 41.8 Å². The van der Waals surface area contributed by atoms with Crippen molar-refractivity contribution in [3.05, 3.63) is 34.9 Å². The van der Waals surface area contributed by atoms with Crippen LogP contribution in [0.15, 0.2) is 18.2 Å². The minimum atomic E-state index is 0.134. The summed E-state index contributed by atoms with van der Waals surface area (Å²) in [6.45, 7) is 3.67. The molecule has 15 heavy (non-hydrogen) atoms. The lowest BCUT2D eigenvalue weighted by molar-refractivity contribution is 0.101. The number of hydrogen-bond donors (Lipinski definition) is 0. The van der Waals surface area contributed by atoms with Crippen LogP contribution in [0.3, 0.4) is 0 Å². The highest BCUT2D eigenvalue weighted by molar-refractivity contribution is 5.95. The Morgan fingerprint density at radius 3 is 2.73 bits per heavy atom. The summed E-state index contributed by atoms with van der Waals surface area (Å²) in [4.78, 5) is 11.4. The van der Waals surface area contributed by atoms with Crippen molar-refractivity contribution in [1.29, 1.82) is 0 Å². The summed E-state index contributed by atoms with van der Waals surface area (Å²) in [5.41, 5.74) is 3.11. The molecule has 0 fully saturated rings. The van der Waals surface area contributed by atoms with Gasteiger partial charge in [0.25, 0.3) is 0 Å². The summed E-state index contributed by atoms with van der Waals surface area (Å²) in [6.07, 6.45) is 7.68. The summed E-state index contributed by atoms with van der Waals surface area (Å²) in [5.74, 6) is 2.74. The minimum Gasteiger partial charge on any atom is -0.295 e. The van der Waals surface area contributed by atoms with Crippen molar-refractivity contribution in [1.82, 2.24) is 0 Å². The van der Waals surface area contributed by atoms with E-state index in [2.05, 4.69) is 18.9 Å². The molecule has 0 aliphatic rings. The highest BCUT2D eigenvalue weighted by atomic mass is 16.1. The molecule has 0 saturated carbocycles. The van der Waals surface area contributed by atoms with Gasteiger partial charge in [0.15, 0.2) is 5.78 Å². The standard InChI is InChI=1S/C14H16O/c1-4-6-7-12-8-9-13(5-2)14(10-12)11(3)15/h1,8-10H,5-7H2,2-3H3. The van der Waals surface area contributed by atoms with E-state index in [4.69, 9.17) is 6.42 Å². The van der Waals surface area contributed by atoms with Gasteiger partial charge in [0.2, 0.25) is 0 Å². The van der Waals surface area contributed by atoms with Crippen LogP contribution in [0.2, 0.25) is 0 Å². The van der Waals surface area contributed by atoms with Crippen LogP contribution in [0.4, 0.5) is 0 Å². The Bertz CT molecular complexity index is 396. The number of hydrogen-bond acceptors (Lipinski definition) is 1. The van der Waals surface area contributed by atoms with E-state index in [0.29, 0.717) is 0 Å². The zero-order chi connectivity index (χ0) is 11.3. The second-order valence-corrected chi connectivity index (χ2v) is 3.61. The topological polar surface area (TPSA) is 17.1 Å². The molecule has 0 radical (unpaired) electrons. The molecule has 1 aromatic carbocycles. The zero-order valence-electron chi connectivity index (χ0n) is 9.34. The summed E-state index contributed by atoms with van der Waals surface area (Å²) < 4.78 is 0. The van der Waals surface area contributed by atoms with Gasteiger partial charge in [-0.25, -0.2) is 0 Å². The first-order chi connectivity index (χ1) is 7.19. The van der Waals surface area contributed by atoms with Crippen LogP contribution in [0.5, 0.6) is 0 Å². The molecule has 0 spiro atoms. The van der Waals surface area contributed by atoms with Crippen LogP contribution >= 0.6 is 0 Å². The number of carbonyl (C=O) groups is 1. The molecule has 0 saturated heterocycles. The van der Waals surface area contributed by atoms with E-state index in [1.54, 1.807) is 6.92 Å². The van der Waals surface area contributed by atoms with E-state index in [-0.39, 0.29) is 5.78 Å². The maximum Gasteiger partial charge on any atom is 0.160 e. The summed E-state index contributed by atoms with van der Waals surface area (Å²) in [5, 5.41) is 0. The molecule has 0 N–H and O–H groups in total. The Morgan fingerprint density at radius 2 is 2.20 bits per heavy atom. The van der Waals surface area contributed by atoms with Gasteiger partial charge in [0, 0.05) is 12.0 Å². The number of ketones is 1. The van der Waals surface area contributed by atoms with E-state index < -0.39 is 0 Å². The number of aryl methyl sites for hydroxylation is 2. The maximum absolute atomic E-state index is 11.4. The first kappa shape index (κ1) is 11.5. The molecule has 1 rings (SSSR count). The third-order valence-corrected chi connectivity index (χ3v) is 2.49. The second-order valence-electron chi connectivity index (χ2n) is 3.61. The van der Waals surface area contributed by atoms with E-state index in [9.17, 15) is 4.79 Å². The molecule has 0 unspecified atom stereocenters. The fourth-order valence-electron chi connectivity index (χ4n) is 1.63. The van der Waals surface area contributed by atoms with Gasteiger partial charge in [-0.1, -0.05) is 19.1 Å². The Morgan fingerprint density at radius 1 is 1.47 bits per heavy atom. The lowest BCUT2D eigenvalue weighted by atomic mass is 9.97. The molecule has 0 atom stereocenters. The number of terminal acetylenes is 1. The van der Waals surface area contributed by atoms with Crippen molar-refractivity contribution in [3.63, 3.8) is 0 Å². The fraction of sp³-hybridized carbons (Fsp3) is 0.357. The van der Waals surface area contributed by atoms with Gasteiger partial charge < -0.3 is 0 Å². The van der Waals surface area contributed by atoms with Crippen molar-refractivity contribution in [2.45, 2.75) is 33.1 Å². The SMILES string of the molecule is C#CCCc1ccc(CC)c(C(C)=O)c1. The smallest absolute Gasteiger partial charge is 0.160 e. The van der Waals surface area contributed by atoms with Crippen molar-refractivity contribution in [3.8, 4) is 12.3 Å². The highest BCUT2D eigenvalue weighted by Gasteiger charge is 2.06. The summed E-state index contributed by atoms with van der Waals surface area (Å²) in [6, 6.07) is 6.06. The van der Waals surface area contributed by atoms with Gasteiger partial charge in [0.05, 0.1) is 0 Å². The molecule has 0 aliphatic heterocycles. The Kier molecular flexibility index (Phi) is 4.12. The quantitative estimate of drug-likeness (QED) is 0.539. The van der Waals surface area contributed by atoms with Crippen LogP contribution in [0, 0.1) is 12.3 Å². The van der Waals surface area contributed by atoms with E-state index >= 15 is 0 Å². The molecule has 1 aromatic rings. The Hall–Kier alpha value is -1.55. The van der Waals surface area contributed by atoms with Gasteiger partial charge in [-0.05, 0) is 37.0 Å². The Balaban J connectivity index is 3.00. The van der Waals surface area contributed by atoms with Crippen LogP contribution in [-0.4, -0.2) is 5.78 Å². The zero-order valence-corrected chi connectivity index (χ0v) is 9.34. The van der Waals surface area contributed by atoms with E-state index in [0.717, 1.165) is 36.0 Å². The lowest BCUT2D eigenvalue weighted by Crippen LogP contribution is -2.00. The minimum absolute atomic E-state index is 0.134. The molecule has 1 nitrogen and oxygen atoms in total. The van der Waals surface area contributed by atoms with Gasteiger partial charge in [-0.3, -0.25) is 4.79 Å². The number of rotatable bonds is 4. The molecular formula is C14H16O. The van der Waals surface area contributed by atoms with Crippen molar-refractivity contribution in [2.75, 3.05) is 0 Å².